The van der Waals surface area contributed by atoms with Crippen molar-refractivity contribution in [1.29, 1.82) is 0 Å². The number of fused-ring (bicyclic) bond motifs is 1. The van der Waals surface area contributed by atoms with E-state index in [0.717, 1.165) is 29.4 Å². The molecular formula is C21H26N2O3. The zero-order valence-electron chi connectivity index (χ0n) is 15.7. The van der Waals surface area contributed by atoms with Gasteiger partial charge < -0.3 is 14.2 Å². The van der Waals surface area contributed by atoms with E-state index in [1.165, 1.54) is 18.4 Å². The van der Waals surface area contributed by atoms with Gasteiger partial charge >= 0.3 is 6.09 Å². The Bertz CT molecular complexity index is 852. The minimum Gasteiger partial charge on any atom is -0.444 e. The molecule has 1 aromatic carbocycles. The Kier molecular flexibility index (Phi) is 4.05. The van der Waals surface area contributed by atoms with Gasteiger partial charge in [0.15, 0.2) is 6.29 Å². The Morgan fingerprint density at radius 3 is 2.62 bits per heavy atom. The van der Waals surface area contributed by atoms with Gasteiger partial charge in [-0.3, -0.25) is 4.79 Å². The Morgan fingerprint density at radius 2 is 2.00 bits per heavy atom. The molecule has 1 amide bonds. The number of para-hydroxylation sites is 1. The third-order valence-corrected chi connectivity index (χ3v) is 5.21. The van der Waals surface area contributed by atoms with E-state index >= 15 is 0 Å². The van der Waals surface area contributed by atoms with Gasteiger partial charge in [-0.15, -0.1) is 0 Å². The first kappa shape index (κ1) is 17.1. The first-order valence-corrected chi connectivity index (χ1v) is 9.41. The van der Waals surface area contributed by atoms with Gasteiger partial charge in [0, 0.05) is 30.9 Å². The molecule has 2 aromatic rings. The third kappa shape index (κ3) is 3.22. The zero-order valence-corrected chi connectivity index (χ0v) is 15.7. The zero-order chi connectivity index (χ0) is 18.5. The number of aldehydes is 1. The van der Waals surface area contributed by atoms with Crippen LogP contribution in [0.1, 0.15) is 55.6 Å². The van der Waals surface area contributed by atoms with Gasteiger partial charge in [-0.1, -0.05) is 18.2 Å². The van der Waals surface area contributed by atoms with Crippen LogP contribution in [-0.2, 0) is 11.3 Å². The fourth-order valence-corrected chi connectivity index (χ4v) is 3.71. The monoisotopic (exact) mass is 354 g/mol. The molecule has 1 saturated heterocycles. The molecule has 1 aromatic heterocycles. The second kappa shape index (κ2) is 6.15. The summed E-state index contributed by atoms with van der Waals surface area (Å²) in [4.78, 5) is 25.5. The van der Waals surface area contributed by atoms with E-state index in [1.807, 2.05) is 32.9 Å². The number of nitrogens with zero attached hydrogens (tertiary/aromatic N) is 2. The molecule has 0 unspecified atom stereocenters. The van der Waals surface area contributed by atoms with Crippen molar-refractivity contribution in [3.05, 3.63) is 35.5 Å². The SMILES string of the molecule is CC(C)(C)OC(=O)N1CC(c2cccc3cc(C=O)n(CC4CC4)c23)C1. The minimum atomic E-state index is -0.472. The van der Waals surface area contributed by atoms with Crippen LogP contribution in [0.5, 0.6) is 0 Å². The summed E-state index contributed by atoms with van der Waals surface area (Å²) in [5.41, 5.74) is 2.68. The molecule has 1 saturated carbocycles. The number of ether oxygens (including phenoxy) is 1. The molecule has 2 heterocycles. The predicted molar refractivity (Wildman–Crippen MR) is 101 cm³/mol. The lowest BCUT2D eigenvalue weighted by atomic mass is 9.90. The number of benzene rings is 1. The standard InChI is InChI=1S/C21H26N2O3/c1-21(2,3)26-20(25)22-11-16(12-22)18-6-4-5-15-9-17(13-24)23(19(15)18)10-14-7-8-14/h4-6,9,13-14,16H,7-8,10-12H2,1-3H3. The van der Waals surface area contributed by atoms with Gasteiger partial charge in [0.05, 0.1) is 11.2 Å². The molecule has 5 heteroatoms. The topological polar surface area (TPSA) is 51.5 Å². The van der Waals surface area contributed by atoms with E-state index in [9.17, 15) is 9.59 Å². The smallest absolute Gasteiger partial charge is 0.410 e. The summed E-state index contributed by atoms with van der Waals surface area (Å²) in [6, 6.07) is 8.24. The molecule has 2 aliphatic rings. The number of likely N-dealkylation sites (tertiary alicyclic amines) is 1. The highest BCUT2D eigenvalue weighted by Crippen LogP contribution is 2.37. The van der Waals surface area contributed by atoms with Crippen LogP contribution in [0.2, 0.25) is 0 Å². The summed E-state index contributed by atoms with van der Waals surface area (Å²) in [5.74, 6) is 0.982. The predicted octanol–water partition coefficient (Wildman–Crippen LogP) is 4.20. The fraction of sp³-hybridized carbons (Fsp3) is 0.524. The molecule has 2 fully saturated rings. The van der Waals surface area contributed by atoms with Gasteiger partial charge in [-0.25, -0.2) is 4.79 Å². The van der Waals surface area contributed by atoms with E-state index < -0.39 is 5.60 Å². The van der Waals surface area contributed by atoms with E-state index in [1.54, 1.807) is 4.90 Å². The lowest BCUT2D eigenvalue weighted by molar-refractivity contribution is 0.00827. The lowest BCUT2D eigenvalue weighted by Gasteiger charge is -2.40. The van der Waals surface area contributed by atoms with Gasteiger partial charge in [0.2, 0.25) is 0 Å². The Morgan fingerprint density at radius 1 is 1.27 bits per heavy atom. The van der Waals surface area contributed by atoms with Crippen LogP contribution >= 0.6 is 0 Å². The highest BCUT2D eigenvalue weighted by atomic mass is 16.6. The normalized spacial score (nSPS) is 18.0. The van der Waals surface area contributed by atoms with Crippen LogP contribution < -0.4 is 0 Å². The highest BCUT2D eigenvalue weighted by molar-refractivity contribution is 5.91. The average Bonchev–Trinajstić information content (AvgIpc) is 3.24. The molecule has 0 atom stereocenters. The largest absolute Gasteiger partial charge is 0.444 e. The van der Waals surface area contributed by atoms with Crippen molar-refractivity contribution < 1.29 is 14.3 Å². The maximum absolute atomic E-state index is 12.2. The number of aromatic nitrogens is 1. The Labute approximate surface area is 153 Å². The first-order chi connectivity index (χ1) is 12.4. The molecule has 5 nitrogen and oxygen atoms in total. The molecule has 0 radical (unpaired) electrons. The van der Waals surface area contributed by atoms with Crippen LogP contribution in [0.3, 0.4) is 0 Å². The summed E-state index contributed by atoms with van der Waals surface area (Å²) < 4.78 is 7.64. The maximum Gasteiger partial charge on any atom is 0.410 e. The molecule has 0 N–H and O–H groups in total. The summed E-state index contributed by atoms with van der Waals surface area (Å²) in [5, 5.41) is 1.11. The number of hydrogen-bond acceptors (Lipinski definition) is 3. The van der Waals surface area contributed by atoms with E-state index in [4.69, 9.17) is 4.74 Å². The number of amides is 1. The number of carbonyl (C=O) groups is 2. The molecule has 26 heavy (non-hydrogen) atoms. The van der Waals surface area contributed by atoms with Crippen molar-refractivity contribution in [3.63, 3.8) is 0 Å². The van der Waals surface area contributed by atoms with Crippen LogP contribution in [0.4, 0.5) is 4.79 Å². The molecule has 0 bridgehead atoms. The molecular weight excluding hydrogens is 328 g/mol. The van der Waals surface area contributed by atoms with Gasteiger partial charge in [-0.05, 0) is 51.2 Å². The van der Waals surface area contributed by atoms with Gasteiger partial charge in [-0.2, -0.15) is 0 Å². The molecule has 1 aliphatic heterocycles. The van der Waals surface area contributed by atoms with Crippen molar-refractivity contribution in [2.75, 3.05) is 13.1 Å². The van der Waals surface area contributed by atoms with Crippen LogP contribution in [0, 0.1) is 5.92 Å². The van der Waals surface area contributed by atoms with Gasteiger partial charge in [0.25, 0.3) is 0 Å². The van der Waals surface area contributed by atoms with Crippen molar-refractivity contribution >= 4 is 23.3 Å². The number of hydrogen-bond donors (Lipinski definition) is 0. The minimum absolute atomic E-state index is 0.247. The molecule has 0 spiro atoms. The van der Waals surface area contributed by atoms with E-state index in [0.29, 0.717) is 24.9 Å². The second-order valence-electron chi connectivity index (χ2n) is 8.61. The van der Waals surface area contributed by atoms with E-state index in [-0.39, 0.29) is 6.09 Å². The van der Waals surface area contributed by atoms with Crippen molar-refractivity contribution in [3.8, 4) is 0 Å². The summed E-state index contributed by atoms with van der Waals surface area (Å²) >= 11 is 0. The molecule has 138 valence electrons. The quantitative estimate of drug-likeness (QED) is 0.773. The van der Waals surface area contributed by atoms with Crippen LogP contribution in [0.15, 0.2) is 24.3 Å². The average molecular weight is 354 g/mol. The Balaban J connectivity index is 1.59. The van der Waals surface area contributed by atoms with Crippen molar-refractivity contribution in [1.82, 2.24) is 9.47 Å². The number of rotatable bonds is 4. The van der Waals surface area contributed by atoms with Crippen LogP contribution in [-0.4, -0.2) is 40.5 Å². The number of carbonyl (C=O) groups excluding carboxylic acids is 2. The molecule has 4 rings (SSSR count). The maximum atomic E-state index is 12.2. The van der Waals surface area contributed by atoms with Crippen molar-refractivity contribution in [2.45, 2.75) is 51.7 Å². The third-order valence-electron chi connectivity index (χ3n) is 5.21. The summed E-state index contributed by atoms with van der Waals surface area (Å²) in [7, 11) is 0. The lowest BCUT2D eigenvalue weighted by Crippen LogP contribution is -2.50. The first-order valence-electron chi connectivity index (χ1n) is 9.41. The fourth-order valence-electron chi connectivity index (χ4n) is 3.71. The molecule has 1 aliphatic carbocycles. The summed E-state index contributed by atoms with van der Waals surface area (Å²) in [6.07, 6.45) is 3.20. The van der Waals surface area contributed by atoms with Crippen molar-refractivity contribution in [2.24, 2.45) is 5.92 Å². The van der Waals surface area contributed by atoms with Gasteiger partial charge in [0.1, 0.15) is 5.60 Å². The van der Waals surface area contributed by atoms with E-state index in [2.05, 4.69) is 16.7 Å². The highest BCUT2D eigenvalue weighted by Gasteiger charge is 2.36. The van der Waals surface area contributed by atoms with Crippen LogP contribution in [0.25, 0.3) is 10.9 Å². The second-order valence-corrected chi connectivity index (χ2v) is 8.61. The Hall–Kier alpha value is -2.30. The summed E-state index contributed by atoms with van der Waals surface area (Å²) in [6.45, 7) is 7.90.